The monoisotopic (exact) mass is 198 g/mol. The van der Waals surface area contributed by atoms with Gasteiger partial charge >= 0.3 is 0 Å². The Morgan fingerprint density at radius 3 is 3.20 bits per heavy atom. The van der Waals surface area contributed by atoms with Crippen LogP contribution in [0.15, 0.2) is 12.5 Å². The van der Waals surface area contributed by atoms with Gasteiger partial charge in [-0.25, -0.2) is 9.97 Å². The summed E-state index contributed by atoms with van der Waals surface area (Å²) in [5, 5.41) is 9.16. The first-order chi connectivity index (χ1) is 7.42. The molecule has 0 spiro atoms. The van der Waals surface area contributed by atoms with Crippen molar-refractivity contribution in [2.24, 2.45) is 0 Å². The van der Waals surface area contributed by atoms with Crippen molar-refractivity contribution >= 4 is 11.0 Å². The molecule has 74 valence electrons. The SMILES string of the molecule is N#Cc1c2n(c3cncnc13)CCCC2. The van der Waals surface area contributed by atoms with Crippen LogP contribution in [-0.4, -0.2) is 14.5 Å². The summed E-state index contributed by atoms with van der Waals surface area (Å²) in [5.41, 5.74) is 3.69. The molecule has 3 rings (SSSR count). The Morgan fingerprint density at radius 1 is 1.40 bits per heavy atom. The first-order valence-corrected chi connectivity index (χ1v) is 5.13. The van der Waals surface area contributed by atoms with Gasteiger partial charge in [-0.2, -0.15) is 5.26 Å². The predicted molar refractivity (Wildman–Crippen MR) is 55.2 cm³/mol. The molecule has 0 aliphatic carbocycles. The summed E-state index contributed by atoms with van der Waals surface area (Å²) in [5.74, 6) is 0. The van der Waals surface area contributed by atoms with Crippen LogP contribution in [-0.2, 0) is 13.0 Å². The second kappa shape index (κ2) is 3.06. The molecule has 0 fully saturated rings. The summed E-state index contributed by atoms with van der Waals surface area (Å²) in [6.07, 6.45) is 6.64. The second-order valence-corrected chi connectivity index (χ2v) is 3.80. The van der Waals surface area contributed by atoms with E-state index in [9.17, 15) is 0 Å². The van der Waals surface area contributed by atoms with Crippen molar-refractivity contribution in [1.29, 1.82) is 5.26 Å². The zero-order chi connectivity index (χ0) is 10.3. The highest BCUT2D eigenvalue weighted by Crippen LogP contribution is 2.27. The van der Waals surface area contributed by atoms with E-state index in [4.69, 9.17) is 5.26 Å². The summed E-state index contributed by atoms with van der Waals surface area (Å²) in [6.45, 7) is 0.987. The lowest BCUT2D eigenvalue weighted by atomic mass is 10.1. The second-order valence-electron chi connectivity index (χ2n) is 3.80. The van der Waals surface area contributed by atoms with Crippen molar-refractivity contribution in [2.75, 3.05) is 0 Å². The zero-order valence-corrected chi connectivity index (χ0v) is 8.27. The number of rotatable bonds is 0. The Bertz CT molecular complexity index is 562. The molecule has 2 aromatic rings. The summed E-state index contributed by atoms with van der Waals surface area (Å²) in [6, 6.07) is 2.27. The van der Waals surface area contributed by atoms with Crippen LogP contribution < -0.4 is 0 Å². The van der Waals surface area contributed by atoms with Crippen LogP contribution in [0.3, 0.4) is 0 Å². The maximum atomic E-state index is 9.16. The van der Waals surface area contributed by atoms with Gasteiger partial charge in [0.25, 0.3) is 0 Å². The van der Waals surface area contributed by atoms with E-state index < -0.39 is 0 Å². The van der Waals surface area contributed by atoms with Gasteiger partial charge in [-0.15, -0.1) is 0 Å². The summed E-state index contributed by atoms with van der Waals surface area (Å²) >= 11 is 0. The molecule has 0 atom stereocenters. The third-order valence-corrected chi connectivity index (χ3v) is 2.99. The molecule has 1 aliphatic rings. The molecular weight excluding hydrogens is 188 g/mol. The molecule has 0 amide bonds. The molecule has 0 unspecified atom stereocenters. The molecule has 0 saturated carbocycles. The molecule has 0 saturated heterocycles. The van der Waals surface area contributed by atoms with Crippen LogP contribution >= 0.6 is 0 Å². The highest BCUT2D eigenvalue weighted by atomic mass is 15.0. The van der Waals surface area contributed by atoms with E-state index in [0.29, 0.717) is 0 Å². The summed E-state index contributed by atoms with van der Waals surface area (Å²) < 4.78 is 2.19. The molecule has 4 nitrogen and oxygen atoms in total. The molecule has 4 heteroatoms. The first-order valence-electron chi connectivity index (χ1n) is 5.13. The highest BCUT2D eigenvalue weighted by molar-refractivity contribution is 5.83. The van der Waals surface area contributed by atoms with Gasteiger partial charge in [-0.05, 0) is 19.3 Å². The molecule has 2 aromatic heterocycles. The molecular formula is C11H10N4. The largest absolute Gasteiger partial charge is 0.341 e. The van der Waals surface area contributed by atoms with E-state index in [1.54, 1.807) is 6.20 Å². The Kier molecular flexibility index (Phi) is 1.72. The van der Waals surface area contributed by atoms with Crippen molar-refractivity contribution < 1.29 is 0 Å². The minimum atomic E-state index is 0.743. The maximum absolute atomic E-state index is 9.16. The van der Waals surface area contributed by atoms with Gasteiger partial charge in [-0.1, -0.05) is 0 Å². The Balaban J connectivity index is 2.44. The van der Waals surface area contributed by atoms with Crippen molar-refractivity contribution in [3.05, 3.63) is 23.8 Å². The van der Waals surface area contributed by atoms with Gasteiger partial charge in [0.05, 0.1) is 17.3 Å². The van der Waals surface area contributed by atoms with E-state index in [0.717, 1.165) is 35.3 Å². The molecule has 0 bridgehead atoms. The fourth-order valence-corrected chi connectivity index (χ4v) is 2.32. The topological polar surface area (TPSA) is 54.5 Å². The molecule has 0 radical (unpaired) electrons. The van der Waals surface area contributed by atoms with Crippen LogP contribution in [0.2, 0.25) is 0 Å². The number of aryl methyl sites for hydroxylation is 1. The molecule has 3 heterocycles. The molecule has 15 heavy (non-hydrogen) atoms. The number of hydrogen-bond donors (Lipinski definition) is 0. The average molecular weight is 198 g/mol. The van der Waals surface area contributed by atoms with E-state index in [1.807, 2.05) is 0 Å². The number of hydrogen-bond acceptors (Lipinski definition) is 3. The van der Waals surface area contributed by atoms with E-state index in [2.05, 4.69) is 20.6 Å². The summed E-state index contributed by atoms with van der Waals surface area (Å²) in [4.78, 5) is 8.23. The minimum Gasteiger partial charge on any atom is -0.341 e. The van der Waals surface area contributed by atoms with Gasteiger partial charge in [-0.3, -0.25) is 0 Å². The van der Waals surface area contributed by atoms with Gasteiger partial charge in [0.15, 0.2) is 0 Å². The van der Waals surface area contributed by atoms with Gasteiger partial charge < -0.3 is 4.57 Å². The van der Waals surface area contributed by atoms with Crippen LogP contribution in [0.1, 0.15) is 24.1 Å². The molecule has 0 aromatic carbocycles. The number of aromatic nitrogens is 3. The van der Waals surface area contributed by atoms with Crippen molar-refractivity contribution in [2.45, 2.75) is 25.8 Å². The van der Waals surface area contributed by atoms with Crippen LogP contribution in [0.5, 0.6) is 0 Å². The minimum absolute atomic E-state index is 0.743. The Labute approximate surface area is 87.2 Å². The lowest BCUT2D eigenvalue weighted by Crippen LogP contribution is -2.10. The molecule has 1 aliphatic heterocycles. The third kappa shape index (κ3) is 1.06. The quantitative estimate of drug-likeness (QED) is 0.646. The predicted octanol–water partition coefficient (Wildman–Crippen LogP) is 1.64. The summed E-state index contributed by atoms with van der Waals surface area (Å²) in [7, 11) is 0. The van der Waals surface area contributed by atoms with Gasteiger partial charge in [0.2, 0.25) is 0 Å². The lowest BCUT2D eigenvalue weighted by Gasteiger charge is -2.15. The van der Waals surface area contributed by atoms with Crippen molar-refractivity contribution in [3.8, 4) is 6.07 Å². The molecule has 0 N–H and O–H groups in total. The van der Waals surface area contributed by atoms with Crippen molar-refractivity contribution in [3.63, 3.8) is 0 Å². The van der Waals surface area contributed by atoms with Crippen molar-refractivity contribution in [1.82, 2.24) is 14.5 Å². The standard InChI is InChI=1S/C11H10N4/c12-5-8-9-3-1-2-4-15(9)10-6-13-7-14-11(8)10/h6-7H,1-4H2. The zero-order valence-electron chi connectivity index (χ0n) is 8.27. The van der Waals surface area contributed by atoms with Crippen LogP contribution in [0, 0.1) is 11.3 Å². The van der Waals surface area contributed by atoms with Gasteiger partial charge in [0, 0.05) is 12.2 Å². The number of nitrogens with zero attached hydrogens (tertiary/aromatic N) is 4. The van der Waals surface area contributed by atoms with Crippen LogP contribution in [0.4, 0.5) is 0 Å². The number of fused-ring (bicyclic) bond motifs is 3. The Morgan fingerprint density at radius 2 is 2.33 bits per heavy atom. The highest BCUT2D eigenvalue weighted by Gasteiger charge is 2.20. The fraction of sp³-hybridized carbons (Fsp3) is 0.364. The average Bonchev–Trinajstić information content (AvgIpc) is 2.63. The normalized spacial score (nSPS) is 14.9. The number of nitriles is 1. The smallest absolute Gasteiger partial charge is 0.116 e. The third-order valence-electron chi connectivity index (χ3n) is 2.99. The van der Waals surface area contributed by atoms with Gasteiger partial charge in [0.1, 0.15) is 17.9 Å². The van der Waals surface area contributed by atoms with E-state index in [1.165, 1.54) is 19.2 Å². The Hall–Kier alpha value is -1.89. The van der Waals surface area contributed by atoms with Crippen LogP contribution in [0.25, 0.3) is 11.0 Å². The van der Waals surface area contributed by atoms with E-state index in [-0.39, 0.29) is 0 Å². The fourth-order valence-electron chi connectivity index (χ4n) is 2.32. The lowest BCUT2D eigenvalue weighted by molar-refractivity contribution is 0.544. The maximum Gasteiger partial charge on any atom is 0.116 e. The first kappa shape index (κ1) is 8.42. The van der Waals surface area contributed by atoms with E-state index >= 15 is 0 Å².